The first-order valence-electron chi connectivity index (χ1n) is 9.31. The second-order valence-electron chi connectivity index (χ2n) is 7.40. The van der Waals surface area contributed by atoms with Crippen LogP contribution in [0.25, 0.3) is 0 Å². The highest BCUT2D eigenvalue weighted by atomic mass is 16.4. The molecule has 2 amide bonds. The molecule has 1 aliphatic carbocycles. The van der Waals surface area contributed by atoms with E-state index in [-0.39, 0.29) is 17.7 Å². The normalized spacial score (nSPS) is 16.1. The molecule has 1 aliphatic rings. The van der Waals surface area contributed by atoms with Gasteiger partial charge in [0.05, 0.1) is 0 Å². The third kappa shape index (κ3) is 5.86. The van der Waals surface area contributed by atoms with E-state index in [9.17, 15) is 19.5 Å². The maximum atomic E-state index is 12.4. The predicted octanol–water partition coefficient (Wildman–Crippen LogP) is 3.43. The molecule has 1 aromatic carbocycles. The quantitative estimate of drug-likeness (QED) is 0.694. The lowest BCUT2D eigenvalue weighted by Gasteiger charge is -2.21. The van der Waals surface area contributed by atoms with Crippen molar-refractivity contribution in [2.75, 3.05) is 5.32 Å². The Kier molecular flexibility index (Phi) is 7.18. The van der Waals surface area contributed by atoms with E-state index >= 15 is 0 Å². The summed E-state index contributed by atoms with van der Waals surface area (Å²) in [6.45, 7) is 3.81. The van der Waals surface area contributed by atoms with E-state index in [0.717, 1.165) is 25.7 Å². The van der Waals surface area contributed by atoms with E-state index in [1.807, 2.05) is 13.8 Å². The maximum Gasteiger partial charge on any atom is 0.326 e. The van der Waals surface area contributed by atoms with Gasteiger partial charge in [0.15, 0.2) is 0 Å². The molecule has 1 saturated carbocycles. The molecular formula is C20H28N2O4. The Morgan fingerprint density at radius 1 is 1.15 bits per heavy atom. The monoisotopic (exact) mass is 360 g/mol. The molecule has 0 saturated heterocycles. The molecule has 142 valence electrons. The van der Waals surface area contributed by atoms with Crippen LogP contribution in [0.2, 0.25) is 0 Å². The van der Waals surface area contributed by atoms with Crippen LogP contribution in [0.5, 0.6) is 0 Å². The zero-order chi connectivity index (χ0) is 19.1. The number of carboxylic acids is 1. The van der Waals surface area contributed by atoms with Gasteiger partial charge in [-0.3, -0.25) is 9.59 Å². The Bertz CT molecular complexity index is 651. The number of anilines is 1. The molecule has 1 aromatic rings. The van der Waals surface area contributed by atoms with Gasteiger partial charge in [-0.25, -0.2) is 4.79 Å². The average Bonchev–Trinajstić information content (AvgIpc) is 2.61. The Hall–Kier alpha value is -2.37. The van der Waals surface area contributed by atoms with Gasteiger partial charge >= 0.3 is 5.97 Å². The van der Waals surface area contributed by atoms with Gasteiger partial charge in [-0.2, -0.15) is 0 Å². The minimum Gasteiger partial charge on any atom is -0.480 e. The fraction of sp³-hybridized carbons (Fsp3) is 0.550. The molecular weight excluding hydrogens is 332 g/mol. The summed E-state index contributed by atoms with van der Waals surface area (Å²) in [5.74, 6) is -1.33. The van der Waals surface area contributed by atoms with Crippen molar-refractivity contribution >= 4 is 23.5 Å². The van der Waals surface area contributed by atoms with E-state index in [0.29, 0.717) is 17.7 Å². The zero-order valence-corrected chi connectivity index (χ0v) is 15.5. The van der Waals surface area contributed by atoms with Crippen molar-refractivity contribution in [3.05, 3.63) is 29.8 Å². The molecule has 0 aliphatic heterocycles. The average molecular weight is 360 g/mol. The largest absolute Gasteiger partial charge is 0.480 e. The molecule has 6 heteroatoms. The van der Waals surface area contributed by atoms with Crippen molar-refractivity contribution in [1.82, 2.24) is 5.32 Å². The second-order valence-corrected chi connectivity index (χ2v) is 7.40. The number of carboxylic acid groups (broad SMARTS) is 1. The number of aliphatic carboxylic acids is 1. The number of amides is 2. The van der Waals surface area contributed by atoms with E-state index < -0.39 is 17.9 Å². The van der Waals surface area contributed by atoms with Crippen molar-refractivity contribution in [3.8, 4) is 0 Å². The Morgan fingerprint density at radius 2 is 1.85 bits per heavy atom. The molecule has 3 N–H and O–H groups in total. The minimum atomic E-state index is -1.05. The fourth-order valence-corrected chi connectivity index (χ4v) is 3.28. The lowest BCUT2D eigenvalue weighted by molar-refractivity contribution is -0.139. The Balaban J connectivity index is 2.01. The first-order valence-corrected chi connectivity index (χ1v) is 9.31. The van der Waals surface area contributed by atoms with Gasteiger partial charge in [-0.05, 0) is 43.4 Å². The van der Waals surface area contributed by atoms with Crippen LogP contribution in [-0.2, 0) is 9.59 Å². The van der Waals surface area contributed by atoms with Gasteiger partial charge in [0, 0.05) is 17.2 Å². The summed E-state index contributed by atoms with van der Waals surface area (Å²) >= 11 is 0. The molecule has 26 heavy (non-hydrogen) atoms. The van der Waals surface area contributed by atoms with Gasteiger partial charge < -0.3 is 15.7 Å². The molecule has 0 unspecified atom stereocenters. The van der Waals surface area contributed by atoms with Gasteiger partial charge in [-0.1, -0.05) is 39.2 Å². The van der Waals surface area contributed by atoms with E-state index in [1.165, 1.54) is 6.42 Å². The van der Waals surface area contributed by atoms with Gasteiger partial charge in [0.25, 0.3) is 5.91 Å². The van der Waals surface area contributed by atoms with Crippen molar-refractivity contribution < 1.29 is 19.5 Å². The summed E-state index contributed by atoms with van der Waals surface area (Å²) < 4.78 is 0. The van der Waals surface area contributed by atoms with Crippen LogP contribution >= 0.6 is 0 Å². The molecule has 0 spiro atoms. The van der Waals surface area contributed by atoms with Crippen LogP contribution in [0, 0.1) is 11.8 Å². The van der Waals surface area contributed by atoms with Crippen LogP contribution in [0.15, 0.2) is 24.3 Å². The third-order valence-electron chi connectivity index (χ3n) is 4.68. The first-order chi connectivity index (χ1) is 12.4. The topological polar surface area (TPSA) is 95.5 Å². The zero-order valence-electron chi connectivity index (χ0n) is 15.5. The maximum absolute atomic E-state index is 12.4. The van der Waals surface area contributed by atoms with Crippen LogP contribution < -0.4 is 10.6 Å². The SMILES string of the molecule is CC(C)C[C@H](NC(=O)c1cccc(NC(=O)C2CCCCC2)c1)C(=O)O. The molecule has 0 radical (unpaired) electrons. The number of carbonyl (C=O) groups excluding carboxylic acids is 2. The summed E-state index contributed by atoms with van der Waals surface area (Å²) in [4.78, 5) is 36.1. The predicted molar refractivity (Wildman–Crippen MR) is 100.0 cm³/mol. The highest BCUT2D eigenvalue weighted by Gasteiger charge is 2.23. The number of rotatable bonds is 7. The number of hydrogen-bond donors (Lipinski definition) is 3. The number of benzene rings is 1. The lowest BCUT2D eigenvalue weighted by Crippen LogP contribution is -2.41. The molecule has 6 nitrogen and oxygen atoms in total. The van der Waals surface area contributed by atoms with Crippen molar-refractivity contribution in [2.45, 2.75) is 58.4 Å². The summed E-state index contributed by atoms with van der Waals surface area (Å²) in [5.41, 5.74) is 0.894. The number of carbonyl (C=O) groups is 3. The van der Waals surface area contributed by atoms with Crippen molar-refractivity contribution in [1.29, 1.82) is 0 Å². The van der Waals surface area contributed by atoms with Gasteiger partial charge in [-0.15, -0.1) is 0 Å². The summed E-state index contributed by atoms with van der Waals surface area (Å²) in [5, 5.41) is 14.7. The fourth-order valence-electron chi connectivity index (χ4n) is 3.28. The molecule has 1 fully saturated rings. The highest BCUT2D eigenvalue weighted by Crippen LogP contribution is 2.25. The Labute approximate surface area is 154 Å². The van der Waals surface area contributed by atoms with E-state index in [2.05, 4.69) is 10.6 Å². The summed E-state index contributed by atoms with van der Waals surface area (Å²) in [6, 6.07) is 5.69. The van der Waals surface area contributed by atoms with Crippen LogP contribution in [0.1, 0.15) is 62.7 Å². The summed E-state index contributed by atoms with van der Waals surface area (Å²) in [6.07, 6.45) is 5.50. The van der Waals surface area contributed by atoms with E-state index in [1.54, 1.807) is 24.3 Å². The number of nitrogens with one attached hydrogen (secondary N) is 2. The lowest BCUT2D eigenvalue weighted by atomic mass is 9.88. The smallest absolute Gasteiger partial charge is 0.326 e. The standard InChI is InChI=1S/C20H28N2O4/c1-13(2)11-17(20(25)26)22-19(24)15-9-6-10-16(12-15)21-18(23)14-7-4-3-5-8-14/h6,9-10,12-14,17H,3-5,7-8,11H2,1-2H3,(H,21,23)(H,22,24)(H,25,26)/t17-/m0/s1. The molecule has 0 bridgehead atoms. The van der Waals surface area contributed by atoms with Gasteiger partial charge in [0.2, 0.25) is 5.91 Å². The minimum absolute atomic E-state index is 0.00882. The molecule has 2 rings (SSSR count). The summed E-state index contributed by atoms with van der Waals surface area (Å²) in [7, 11) is 0. The van der Waals surface area contributed by atoms with Crippen LogP contribution in [-0.4, -0.2) is 28.9 Å². The molecule has 1 atom stereocenters. The van der Waals surface area contributed by atoms with Crippen molar-refractivity contribution in [2.24, 2.45) is 11.8 Å². The van der Waals surface area contributed by atoms with Crippen LogP contribution in [0.3, 0.4) is 0 Å². The van der Waals surface area contributed by atoms with E-state index in [4.69, 9.17) is 0 Å². The Morgan fingerprint density at radius 3 is 2.46 bits per heavy atom. The van der Waals surface area contributed by atoms with Crippen LogP contribution in [0.4, 0.5) is 5.69 Å². The molecule has 0 heterocycles. The third-order valence-corrected chi connectivity index (χ3v) is 4.68. The second kappa shape index (κ2) is 9.36. The first kappa shape index (κ1) is 19.9. The number of hydrogen-bond acceptors (Lipinski definition) is 3. The molecule has 0 aromatic heterocycles. The van der Waals surface area contributed by atoms with Gasteiger partial charge in [0.1, 0.15) is 6.04 Å². The highest BCUT2D eigenvalue weighted by molar-refractivity contribution is 5.99. The van der Waals surface area contributed by atoms with Crippen molar-refractivity contribution in [3.63, 3.8) is 0 Å².